The van der Waals surface area contributed by atoms with E-state index in [4.69, 9.17) is 9.47 Å². The monoisotopic (exact) mass is 371 g/mol. The fourth-order valence-electron chi connectivity index (χ4n) is 2.94. The number of nitro benzene ring substituents is 1. The van der Waals surface area contributed by atoms with Gasteiger partial charge in [-0.05, 0) is 35.9 Å². The number of benzene rings is 2. The van der Waals surface area contributed by atoms with E-state index in [-0.39, 0.29) is 29.2 Å². The molecule has 0 aliphatic carbocycles. The summed E-state index contributed by atoms with van der Waals surface area (Å²) < 4.78 is 12.3. The van der Waals surface area contributed by atoms with E-state index in [1.807, 2.05) is 6.92 Å². The highest BCUT2D eigenvalue weighted by molar-refractivity contribution is 5.96. The molecule has 9 heteroatoms. The van der Waals surface area contributed by atoms with Gasteiger partial charge in [0.1, 0.15) is 0 Å². The van der Waals surface area contributed by atoms with Crippen LogP contribution in [-0.2, 0) is 6.54 Å². The van der Waals surface area contributed by atoms with Crippen LogP contribution in [0.25, 0.3) is 10.9 Å². The summed E-state index contributed by atoms with van der Waals surface area (Å²) in [5.74, 6) is 0.777. The molecule has 1 heterocycles. The van der Waals surface area contributed by atoms with Crippen LogP contribution in [0.5, 0.6) is 17.4 Å². The van der Waals surface area contributed by atoms with Crippen molar-refractivity contribution in [3.05, 3.63) is 57.0 Å². The SMILES string of the molecule is CCOc1ccc(Cn2c(O)c(N=O)c3cc([N+](=O)[O-])ccc32)cc1OC. The number of fused-ring (bicyclic) bond motifs is 1. The second kappa shape index (κ2) is 7.32. The van der Waals surface area contributed by atoms with Gasteiger partial charge in [0.05, 0.1) is 30.7 Å². The van der Waals surface area contributed by atoms with E-state index < -0.39 is 4.92 Å². The minimum atomic E-state index is -0.570. The third kappa shape index (κ3) is 3.26. The number of nitroso groups, excluding NO2 is 1. The Morgan fingerprint density at radius 2 is 2.00 bits per heavy atom. The van der Waals surface area contributed by atoms with Gasteiger partial charge in [-0.1, -0.05) is 6.07 Å². The van der Waals surface area contributed by atoms with E-state index >= 15 is 0 Å². The van der Waals surface area contributed by atoms with Crippen molar-refractivity contribution in [3.8, 4) is 17.4 Å². The fraction of sp³-hybridized carbons (Fsp3) is 0.222. The minimum Gasteiger partial charge on any atom is -0.493 e. The van der Waals surface area contributed by atoms with Gasteiger partial charge in [0.15, 0.2) is 17.2 Å². The van der Waals surface area contributed by atoms with Gasteiger partial charge in [0.2, 0.25) is 5.88 Å². The summed E-state index contributed by atoms with van der Waals surface area (Å²) in [5.41, 5.74) is 0.817. The van der Waals surface area contributed by atoms with Gasteiger partial charge in [-0.25, -0.2) is 0 Å². The maximum atomic E-state index is 11.2. The molecule has 3 rings (SSSR count). The molecule has 1 aromatic heterocycles. The normalized spacial score (nSPS) is 10.7. The maximum Gasteiger partial charge on any atom is 0.270 e. The third-order valence-corrected chi connectivity index (χ3v) is 4.16. The van der Waals surface area contributed by atoms with E-state index in [0.717, 1.165) is 5.56 Å². The molecule has 0 saturated heterocycles. The Morgan fingerprint density at radius 3 is 2.63 bits per heavy atom. The van der Waals surface area contributed by atoms with Gasteiger partial charge in [-0.2, -0.15) is 0 Å². The zero-order valence-electron chi connectivity index (χ0n) is 14.7. The Kier molecular flexibility index (Phi) is 4.93. The van der Waals surface area contributed by atoms with Crippen molar-refractivity contribution in [2.75, 3.05) is 13.7 Å². The molecule has 9 nitrogen and oxygen atoms in total. The number of hydrogen-bond acceptors (Lipinski definition) is 7. The number of aromatic hydroxyl groups is 1. The first-order chi connectivity index (χ1) is 13.0. The first-order valence-electron chi connectivity index (χ1n) is 8.12. The summed E-state index contributed by atoms with van der Waals surface area (Å²) in [6.45, 7) is 2.56. The molecule has 2 aromatic carbocycles. The van der Waals surface area contributed by atoms with Crippen LogP contribution >= 0.6 is 0 Å². The largest absolute Gasteiger partial charge is 0.493 e. The summed E-state index contributed by atoms with van der Waals surface area (Å²) >= 11 is 0. The highest BCUT2D eigenvalue weighted by Crippen LogP contribution is 2.40. The molecule has 0 aliphatic heterocycles. The number of aromatic nitrogens is 1. The van der Waals surface area contributed by atoms with Crippen molar-refractivity contribution in [2.24, 2.45) is 5.18 Å². The van der Waals surface area contributed by atoms with E-state index in [0.29, 0.717) is 23.6 Å². The van der Waals surface area contributed by atoms with Gasteiger partial charge in [-0.3, -0.25) is 10.1 Å². The zero-order valence-corrected chi connectivity index (χ0v) is 14.7. The summed E-state index contributed by atoms with van der Waals surface area (Å²) in [7, 11) is 1.53. The fourth-order valence-corrected chi connectivity index (χ4v) is 2.94. The lowest BCUT2D eigenvalue weighted by molar-refractivity contribution is -0.384. The van der Waals surface area contributed by atoms with E-state index in [1.54, 1.807) is 18.2 Å². The number of hydrogen-bond donors (Lipinski definition) is 1. The first kappa shape index (κ1) is 18.2. The quantitative estimate of drug-likeness (QED) is 0.379. The minimum absolute atomic E-state index is 0.188. The van der Waals surface area contributed by atoms with Crippen LogP contribution in [0.2, 0.25) is 0 Å². The van der Waals surface area contributed by atoms with Crippen LogP contribution in [0, 0.1) is 15.0 Å². The molecular weight excluding hydrogens is 354 g/mol. The predicted molar refractivity (Wildman–Crippen MR) is 99.0 cm³/mol. The van der Waals surface area contributed by atoms with Crippen LogP contribution in [0.15, 0.2) is 41.6 Å². The lowest BCUT2D eigenvalue weighted by Gasteiger charge is -2.12. The van der Waals surface area contributed by atoms with Crippen molar-refractivity contribution in [3.63, 3.8) is 0 Å². The molecule has 0 saturated carbocycles. The molecule has 0 unspecified atom stereocenters. The maximum absolute atomic E-state index is 11.2. The number of nitrogens with zero attached hydrogens (tertiary/aromatic N) is 3. The molecule has 0 atom stereocenters. The molecular formula is C18H17N3O6. The number of nitro groups is 1. The molecule has 0 spiro atoms. The average Bonchev–Trinajstić information content (AvgIpc) is 2.93. The topological polar surface area (TPSA) is 116 Å². The van der Waals surface area contributed by atoms with E-state index in [1.165, 1.54) is 29.9 Å². The van der Waals surface area contributed by atoms with Gasteiger partial charge in [0.25, 0.3) is 5.69 Å². The standard InChI is InChI=1S/C18H17N3O6/c1-3-27-15-7-4-11(8-16(15)26-2)10-20-14-6-5-12(21(24)25)9-13(14)17(19-23)18(20)22/h4-9,22H,3,10H2,1-2H3. The van der Waals surface area contributed by atoms with Crippen LogP contribution in [0.3, 0.4) is 0 Å². The van der Waals surface area contributed by atoms with Crippen molar-refractivity contribution in [1.82, 2.24) is 4.57 Å². The zero-order chi connectivity index (χ0) is 19.6. The Bertz CT molecular complexity index is 1030. The van der Waals surface area contributed by atoms with Gasteiger partial charge in [0, 0.05) is 17.5 Å². The van der Waals surface area contributed by atoms with Crippen molar-refractivity contribution < 1.29 is 19.5 Å². The van der Waals surface area contributed by atoms with E-state index in [9.17, 15) is 20.1 Å². The Hall–Kier alpha value is -3.62. The number of ether oxygens (including phenoxy) is 2. The van der Waals surface area contributed by atoms with Gasteiger partial charge >= 0.3 is 0 Å². The van der Waals surface area contributed by atoms with Crippen LogP contribution in [0.4, 0.5) is 11.4 Å². The van der Waals surface area contributed by atoms with Gasteiger partial charge < -0.3 is 19.1 Å². The Morgan fingerprint density at radius 1 is 1.22 bits per heavy atom. The Labute approximate surface area is 153 Å². The molecule has 0 amide bonds. The molecule has 0 radical (unpaired) electrons. The summed E-state index contributed by atoms with van der Waals surface area (Å²) in [5, 5.41) is 24.5. The second-order valence-corrected chi connectivity index (χ2v) is 5.73. The molecule has 0 aliphatic rings. The van der Waals surface area contributed by atoms with Crippen molar-refractivity contribution in [2.45, 2.75) is 13.5 Å². The van der Waals surface area contributed by atoms with E-state index in [2.05, 4.69) is 5.18 Å². The summed E-state index contributed by atoms with van der Waals surface area (Å²) in [6, 6.07) is 9.33. The van der Waals surface area contributed by atoms with Crippen LogP contribution < -0.4 is 9.47 Å². The molecule has 3 aromatic rings. The lowest BCUT2D eigenvalue weighted by Crippen LogP contribution is -2.01. The smallest absolute Gasteiger partial charge is 0.270 e. The summed E-state index contributed by atoms with van der Waals surface area (Å²) in [4.78, 5) is 21.6. The molecule has 27 heavy (non-hydrogen) atoms. The number of rotatable bonds is 7. The van der Waals surface area contributed by atoms with Crippen molar-refractivity contribution in [1.29, 1.82) is 0 Å². The number of non-ortho nitro benzene ring substituents is 1. The average molecular weight is 371 g/mol. The molecule has 140 valence electrons. The highest BCUT2D eigenvalue weighted by atomic mass is 16.6. The first-order valence-corrected chi connectivity index (χ1v) is 8.12. The third-order valence-electron chi connectivity index (χ3n) is 4.16. The second-order valence-electron chi connectivity index (χ2n) is 5.73. The Balaban J connectivity index is 2.08. The lowest BCUT2D eigenvalue weighted by atomic mass is 10.2. The molecule has 0 fully saturated rings. The predicted octanol–water partition coefficient (Wildman–Crippen LogP) is 4.11. The number of methoxy groups -OCH3 is 1. The summed E-state index contributed by atoms with van der Waals surface area (Å²) in [6.07, 6.45) is 0. The van der Waals surface area contributed by atoms with Crippen molar-refractivity contribution >= 4 is 22.3 Å². The van der Waals surface area contributed by atoms with Crippen LogP contribution in [-0.4, -0.2) is 28.3 Å². The molecule has 0 bridgehead atoms. The highest BCUT2D eigenvalue weighted by Gasteiger charge is 2.21. The van der Waals surface area contributed by atoms with Crippen LogP contribution in [0.1, 0.15) is 12.5 Å². The molecule has 1 N–H and O–H groups in total. The van der Waals surface area contributed by atoms with Gasteiger partial charge in [-0.15, -0.1) is 4.91 Å².